The van der Waals surface area contributed by atoms with E-state index >= 15 is 0 Å². The number of hydrogen-bond acceptors (Lipinski definition) is 2. The van der Waals surface area contributed by atoms with Gasteiger partial charge in [-0.2, -0.15) is 0 Å². The fourth-order valence-corrected chi connectivity index (χ4v) is 2.65. The highest BCUT2D eigenvalue weighted by Crippen LogP contribution is 2.24. The number of likely N-dealkylation sites (tertiary alicyclic amines) is 1. The molecule has 1 atom stereocenters. The van der Waals surface area contributed by atoms with Crippen molar-refractivity contribution in [3.63, 3.8) is 0 Å². The predicted molar refractivity (Wildman–Crippen MR) is 69.9 cm³/mol. The number of β-amino-alcohol motifs (C(OH)–C–C–N with tert-alkyl or cyclic N) is 1. The minimum atomic E-state index is -0.755. The molecule has 0 aromatic heterocycles. The molecular formula is C13H16BrNO2. The van der Waals surface area contributed by atoms with Crippen molar-refractivity contribution in [1.29, 1.82) is 0 Å². The minimum absolute atomic E-state index is 0.0162. The van der Waals surface area contributed by atoms with Crippen molar-refractivity contribution in [1.82, 2.24) is 4.90 Å². The van der Waals surface area contributed by atoms with Crippen LogP contribution in [0.1, 0.15) is 30.1 Å². The molecule has 1 fully saturated rings. The number of piperidine rings is 1. The number of amides is 1. The van der Waals surface area contributed by atoms with Gasteiger partial charge in [0.25, 0.3) is 5.91 Å². The fraction of sp³-hybridized carbons (Fsp3) is 0.462. The Balaban J connectivity index is 2.18. The fourth-order valence-electron chi connectivity index (χ4n) is 2.20. The lowest BCUT2D eigenvalue weighted by Gasteiger charge is -2.37. The van der Waals surface area contributed by atoms with Crippen LogP contribution in [-0.4, -0.2) is 34.6 Å². The Hall–Kier alpha value is -0.870. The number of benzene rings is 1. The summed E-state index contributed by atoms with van der Waals surface area (Å²) in [5.41, 5.74) is -0.0972. The Morgan fingerprint density at radius 2 is 2.18 bits per heavy atom. The van der Waals surface area contributed by atoms with E-state index in [4.69, 9.17) is 0 Å². The van der Waals surface area contributed by atoms with Crippen LogP contribution in [0.15, 0.2) is 28.7 Å². The predicted octanol–water partition coefficient (Wildman–Crippen LogP) is 2.44. The van der Waals surface area contributed by atoms with Gasteiger partial charge in [0.1, 0.15) is 0 Å². The van der Waals surface area contributed by atoms with Gasteiger partial charge in [-0.15, -0.1) is 0 Å². The number of halogens is 1. The first kappa shape index (κ1) is 12.6. The molecule has 1 aliphatic rings. The third kappa shape index (κ3) is 2.87. The monoisotopic (exact) mass is 297 g/mol. The average molecular weight is 298 g/mol. The van der Waals surface area contributed by atoms with E-state index in [-0.39, 0.29) is 5.91 Å². The zero-order chi connectivity index (χ0) is 12.5. The van der Waals surface area contributed by atoms with Gasteiger partial charge in [-0.3, -0.25) is 4.79 Å². The topological polar surface area (TPSA) is 40.5 Å². The maximum atomic E-state index is 12.3. The molecule has 1 aromatic rings. The van der Waals surface area contributed by atoms with Crippen LogP contribution in [0, 0.1) is 0 Å². The summed E-state index contributed by atoms with van der Waals surface area (Å²) >= 11 is 3.38. The second-order valence-corrected chi connectivity index (χ2v) is 5.66. The molecule has 1 aliphatic heterocycles. The van der Waals surface area contributed by atoms with Crippen molar-refractivity contribution in [2.75, 3.05) is 13.1 Å². The number of hydrogen-bond donors (Lipinski definition) is 1. The van der Waals surface area contributed by atoms with Gasteiger partial charge in [-0.05, 0) is 47.8 Å². The maximum Gasteiger partial charge on any atom is 0.255 e. The molecule has 0 saturated carbocycles. The lowest BCUT2D eigenvalue weighted by atomic mass is 9.94. The summed E-state index contributed by atoms with van der Waals surface area (Å²) in [4.78, 5) is 14.0. The number of carbonyl (C=O) groups excluding carboxylic acids is 1. The summed E-state index contributed by atoms with van der Waals surface area (Å²) in [5.74, 6) is -0.0162. The second-order valence-electron chi connectivity index (χ2n) is 4.81. The quantitative estimate of drug-likeness (QED) is 0.865. The van der Waals surface area contributed by atoms with Gasteiger partial charge in [0.05, 0.1) is 11.2 Å². The van der Waals surface area contributed by atoms with Gasteiger partial charge in [0.2, 0.25) is 0 Å². The Kier molecular flexibility index (Phi) is 3.54. The molecule has 1 unspecified atom stereocenters. The van der Waals surface area contributed by atoms with Crippen molar-refractivity contribution < 1.29 is 9.90 Å². The number of nitrogens with zero attached hydrogens (tertiary/aromatic N) is 1. The summed E-state index contributed by atoms with van der Waals surface area (Å²) in [7, 11) is 0. The van der Waals surface area contributed by atoms with Gasteiger partial charge in [-0.25, -0.2) is 0 Å². The summed E-state index contributed by atoms with van der Waals surface area (Å²) in [6.07, 6.45) is 1.61. The van der Waals surface area contributed by atoms with Crippen LogP contribution < -0.4 is 0 Å². The molecule has 0 spiro atoms. The molecule has 92 valence electrons. The molecule has 1 aromatic carbocycles. The molecule has 4 heteroatoms. The lowest BCUT2D eigenvalue weighted by molar-refractivity contribution is -0.0107. The molecule has 1 N–H and O–H groups in total. The van der Waals surface area contributed by atoms with Crippen LogP contribution in [0.25, 0.3) is 0 Å². The van der Waals surface area contributed by atoms with Gasteiger partial charge >= 0.3 is 0 Å². The van der Waals surface area contributed by atoms with E-state index in [0.29, 0.717) is 12.1 Å². The van der Waals surface area contributed by atoms with E-state index in [1.807, 2.05) is 18.2 Å². The Labute approximate surface area is 110 Å². The van der Waals surface area contributed by atoms with Gasteiger partial charge < -0.3 is 10.0 Å². The molecule has 0 aliphatic carbocycles. The highest BCUT2D eigenvalue weighted by atomic mass is 79.9. The molecule has 1 saturated heterocycles. The lowest BCUT2D eigenvalue weighted by Crippen LogP contribution is -2.48. The first-order valence-electron chi connectivity index (χ1n) is 5.76. The van der Waals surface area contributed by atoms with Crippen LogP contribution in [0.2, 0.25) is 0 Å². The molecular weight excluding hydrogens is 282 g/mol. The zero-order valence-electron chi connectivity index (χ0n) is 9.82. The van der Waals surface area contributed by atoms with E-state index in [2.05, 4.69) is 15.9 Å². The molecule has 1 heterocycles. The van der Waals surface area contributed by atoms with Gasteiger partial charge in [0.15, 0.2) is 0 Å². The van der Waals surface area contributed by atoms with Crippen LogP contribution in [0.5, 0.6) is 0 Å². The van der Waals surface area contributed by atoms with E-state index in [1.54, 1.807) is 17.9 Å². The van der Waals surface area contributed by atoms with E-state index < -0.39 is 5.60 Å². The van der Waals surface area contributed by atoms with E-state index in [0.717, 1.165) is 23.9 Å². The average Bonchev–Trinajstić information content (AvgIpc) is 2.27. The van der Waals surface area contributed by atoms with Crippen molar-refractivity contribution in [3.05, 3.63) is 34.3 Å². The van der Waals surface area contributed by atoms with E-state index in [9.17, 15) is 9.90 Å². The summed E-state index contributed by atoms with van der Waals surface area (Å²) < 4.78 is 0.801. The van der Waals surface area contributed by atoms with Crippen LogP contribution in [0.3, 0.4) is 0 Å². The molecule has 2 rings (SSSR count). The molecule has 1 amide bonds. The van der Waals surface area contributed by atoms with Crippen molar-refractivity contribution >= 4 is 21.8 Å². The Morgan fingerprint density at radius 3 is 2.82 bits per heavy atom. The van der Waals surface area contributed by atoms with Crippen LogP contribution in [-0.2, 0) is 0 Å². The highest BCUT2D eigenvalue weighted by Gasteiger charge is 2.31. The molecule has 17 heavy (non-hydrogen) atoms. The summed E-state index contributed by atoms with van der Waals surface area (Å²) in [6, 6.07) is 7.39. The summed E-state index contributed by atoms with van der Waals surface area (Å²) in [5, 5.41) is 10.0. The molecule has 0 bridgehead atoms. The zero-order valence-corrected chi connectivity index (χ0v) is 11.4. The maximum absolute atomic E-state index is 12.3. The highest BCUT2D eigenvalue weighted by molar-refractivity contribution is 9.10. The largest absolute Gasteiger partial charge is 0.388 e. The summed E-state index contributed by atoms with van der Waals surface area (Å²) in [6.45, 7) is 2.91. The minimum Gasteiger partial charge on any atom is -0.388 e. The van der Waals surface area contributed by atoms with Crippen LogP contribution >= 0.6 is 15.9 Å². The normalized spacial score (nSPS) is 24.8. The van der Waals surface area contributed by atoms with Crippen molar-refractivity contribution in [2.45, 2.75) is 25.4 Å². The molecule has 3 nitrogen and oxygen atoms in total. The Bertz CT molecular complexity index is 431. The van der Waals surface area contributed by atoms with Crippen molar-refractivity contribution in [3.8, 4) is 0 Å². The first-order chi connectivity index (χ1) is 7.99. The second kappa shape index (κ2) is 4.78. The number of rotatable bonds is 1. The van der Waals surface area contributed by atoms with Crippen molar-refractivity contribution in [2.24, 2.45) is 0 Å². The van der Waals surface area contributed by atoms with Gasteiger partial charge in [0, 0.05) is 17.6 Å². The Morgan fingerprint density at radius 1 is 1.47 bits per heavy atom. The van der Waals surface area contributed by atoms with Gasteiger partial charge in [-0.1, -0.05) is 12.1 Å². The standard InChI is InChI=1S/C13H16BrNO2/c1-13(17)7-4-8-15(9-13)12(16)10-5-2-3-6-11(10)14/h2-3,5-6,17H,4,7-9H2,1H3. The molecule has 0 radical (unpaired) electrons. The third-order valence-electron chi connectivity index (χ3n) is 3.07. The number of carbonyl (C=O) groups is 1. The first-order valence-corrected chi connectivity index (χ1v) is 6.55. The SMILES string of the molecule is CC1(O)CCCN(C(=O)c2ccccc2Br)C1. The van der Waals surface area contributed by atoms with E-state index in [1.165, 1.54) is 0 Å². The third-order valence-corrected chi connectivity index (χ3v) is 3.76. The smallest absolute Gasteiger partial charge is 0.255 e. The number of aliphatic hydroxyl groups is 1. The van der Waals surface area contributed by atoms with Crippen LogP contribution in [0.4, 0.5) is 0 Å².